The molecule has 0 unspecified atom stereocenters. The molecule has 0 spiro atoms. The zero-order chi connectivity index (χ0) is 20.3. The Morgan fingerprint density at radius 1 is 1.25 bits per heavy atom. The summed E-state index contributed by atoms with van der Waals surface area (Å²) in [6.07, 6.45) is 1.59. The van der Waals surface area contributed by atoms with Crippen LogP contribution in [0.25, 0.3) is 0 Å². The third kappa shape index (κ3) is 4.41. The van der Waals surface area contributed by atoms with E-state index < -0.39 is 5.97 Å². The van der Waals surface area contributed by atoms with Crippen molar-refractivity contribution in [3.8, 4) is 11.5 Å². The summed E-state index contributed by atoms with van der Waals surface area (Å²) in [6.45, 7) is 1.77. The molecule has 3 rings (SSSR count). The number of H-pyrrole nitrogens is 1. The number of carbonyl (C=O) groups excluding carboxylic acids is 1. The van der Waals surface area contributed by atoms with E-state index in [2.05, 4.69) is 15.3 Å². The van der Waals surface area contributed by atoms with Gasteiger partial charge in [0.15, 0.2) is 11.5 Å². The average Bonchev–Trinajstić information content (AvgIpc) is 2.98. The van der Waals surface area contributed by atoms with Gasteiger partial charge >= 0.3 is 5.97 Å². The Bertz CT molecular complexity index is 1120. The van der Waals surface area contributed by atoms with Gasteiger partial charge in [0.2, 0.25) is 4.77 Å². The van der Waals surface area contributed by atoms with Crippen LogP contribution in [0.4, 0.5) is 0 Å². The van der Waals surface area contributed by atoms with Crippen molar-refractivity contribution < 1.29 is 14.3 Å². The fourth-order valence-electron chi connectivity index (χ4n) is 2.29. The summed E-state index contributed by atoms with van der Waals surface area (Å²) in [5.74, 6) is 0.599. The van der Waals surface area contributed by atoms with Gasteiger partial charge < -0.3 is 9.47 Å². The number of ether oxygens (including phenoxy) is 2. The lowest BCUT2D eigenvalue weighted by molar-refractivity contribution is 0.0730. The van der Waals surface area contributed by atoms with Crippen molar-refractivity contribution in [2.24, 2.45) is 5.10 Å². The Morgan fingerprint density at radius 2 is 2.04 bits per heavy atom. The van der Waals surface area contributed by atoms with Crippen LogP contribution in [0.2, 0.25) is 10.0 Å². The van der Waals surface area contributed by atoms with Crippen molar-refractivity contribution in [1.29, 1.82) is 0 Å². The van der Waals surface area contributed by atoms with Crippen molar-refractivity contribution in [2.45, 2.75) is 6.92 Å². The van der Waals surface area contributed by atoms with Gasteiger partial charge in [-0.1, -0.05) is 23.2 Å². The number of nitrogens with one attached hydrogen (secondary N) is 1. The van der Waals surface area contributed by atoms with E-state index in [-0.39, 0.29) is 16.3 Å². The first kappa shape index (κ1) is 20.1. The molecule has 7 nitrogen and oxygen atoms in total. The zero-order valence-corrected chi connectivity index (χ0v) is 17.1. The Balaban J connectivity index is 1.83. The number of aryl methyl sites for hydroxylation is 1. The molecule has 2 aromatic carbocycles. The molecule has 10 heteroatoms. The molecule has 1 aromatic heterocycles. The van der Waals surface area contributed by atoms with Crippen LogP contribution < -0.4 is 9.47 Å². The molecule has 0 aliphatic heterocycles. The standard InChI is InChI=1S/C18H14Cl2N4O3S/c1-10-22-23-18(28)24(10)21-9-11-3-6-15(16(7-11)26-2)27-17(25)13-5-4-12(19)8-14(13)20/h3-9H,1-2H3,(H,23,28)/b21-9+. The van der Waals surface area contributed by atoms with E-state index in [0.717, 1.165) is 0 Å². The van der Waals surface area contributed by atoms with E-state index in [1.165, 1.54) is 23.9 Å². The summed E-state index contributed by atoms with van der Waals surface area (Å²) in [6, 6.07) is 9.52. The lowest BCUT2D eigenvalue weighted by Gasteiger charge is -2.10. The minimum atomic E-state index is -0.623. The van der Waals surface area contributed by atoms with Gasteiger partial charge in [0, 0.05) is 5.02 Å². The van der Waals surface area contributed by atoms with Crippen molar-refractivity contribution in [3.63, 3.8) is 0 Å². The minimum Gasteiger partial charge on any atom is -0.493 e. The fourth-order valence-corrected chi connectivity index (χ4v) is 3.00. The molecule has 0 amide bonds. The average molecular weight is 437 g/mol. The van der Waals surface area contributed by atoms with Crippen molar-refractivity contribution >= 4 is 47.6 Å². The van der Waals surface area contributed by atoms with Crippen molar-refractivity contribution in [2.75, 3.05) is 7.11 Å². The number of benzene rings is 2. The maximum absolute atomic E-state index is 12.4. The quantitative estimate of drug-likeness (QED) is 0.272. The smallest absolute Gasteiger partial charge is 0.345 e. The molecular weight excluding hydrogens is 423 g/mol. The monoisotopic (exact) mass is 436 g/mol. The number of carbonyl (C=O) groups is 1. The highest BCUT2D eigenvalue weighted by Crippen LogP contribution is 2.30. The lowest BCUT2D eigenvalue weighted by Crippen LogP contribution is -2.10. The summed E-state index contributed by atoms with van der Waals surface area (Å²) < 4.78 is 12.6. The molecule has 0 bridgehead atoms. The molecule has 1 N–H and O–H groups in total. The second-order valence-electron chi connectivity index (χ2n) is 5.56. The fraction of sp³-hybridized carbons (Fsp3) is 0.111. The third-order valence-corrected chi connectivity index (χ3v) is 4.49. The molecule has 0 radical (unpaired) electrons. The Kier molecular flexibility index (Phi) is 6.13. The van der Waals surface area contributed by atoms with Gasteiger partial charge in [-0.3, -0.25) is 5.10 Å². The van der Waals surface area contributed by atoms with E-state index in [4.69, 9.17) is 44.9 Å². The summed E-state index contributed by atoms with van der Waals surface area (Å²) in [7, 11) is 1.47. The predicted octanol–water partition coefficient (Wildman–Crippen LogP) is 4.67. The summed E-state index contributed by atoms with van der Waals surface area (Å²) in [4.78, 5) is 12.4. The summed E-state index contributed by atoms with van der Waals surface area (Å²) >= 11 is 17.0. The highest BCUT2D eigenvalue weighted by atomic mass is 35.5. The molecule has 28 heavy (non-hydrogen) atoms. The highest BCUT2D eigenvalue weighted by molar-refractivity contribution is 7.71. The number of rotatable bonds is 5. The molecule has 3 aromatic rings. The van der Waals surface area contributed by atoms with Gasteiger partial charge in [-0.25, -0.2) is 4.79 Å². The first-order chi connectivity index (χ1) is 13.4. The third-order valence-electron chi connectivity index (χ3n) is 3.68. The van der Waals surface area contributed by atoms with Crippen LogP contribution in [0.15, 0.2) is 41.5 Å². The SMILES string of the molecule is COc1cc(/C=N/n2c(C)n[nH]c2=S)ccc1OC(=O)c1ccc(Cl)cc1Cl. The minimum absolute atomic E-state index is 0.198. The summed E-state index contributed by atoms with van der Waals surface area (Å²) in [5.41, 5.74) is 0.909. The zero-order valence-electron chi connectivity index (χ0n) is 14.8. The van der Waals surface area contributed by atoms with Crippen LogP contribution >= 0.6 is 35.4 Å². The first-order valence-electron chi connectivity index (χ1n) is 7.92. The van der Waals surface area contributed by atoms with Crippen LogP contribution in [0.5, 0.6) is 11.5 Å². The van der Waals surface area contributed by atoms with E-state index in [1.54, 1.807) is 37.4 Å². The molecule has 144 valence electrons. The Morgan fingerprint density at radius 3 is 2.68 bits per heavy atom. The molecule has 0 atom stereocenters. The molecule has 0 aliphatic rings. The van der Waals surface area contributed by atoms with Crippen LogP contribution in [0.1, 0.15) is 21.7 Å². The van der Waals surface area contributed by atoms with Gasteiger partial charge in [0.25, 0.3) is 0 Å². The van der Waals surface area contributed by atoms with Crippen LogP contribution in [-0.4, -0.2) is 34.2 Å². The number of halogens is 2. The predicted molar refractivity (Wildman–Crippen MR) is 110 cm³/mol. The maximum Gasteiger partial charge on any atom is 0.345 e. The van der Waals surface area contributed by atoms with E-state index in [9.17, 15) is 4.79 Å². The molecular formula is C18H14Cl2N4O3S. The van der Waals surface area contributed by atoms with Crippen LogP contribution in [0.3, 0.4) is 0 Å². The maximum atomic E-state index is 12.4. The van der Waals surface area contributed by atoms with Crippen LogP contribution in [0, 0.1) is 11.7 Å². The number of esters is 1. The van der Waals surface area contributed by atoms with E-state index in [1.807, 2.05) is 0 Å². The highest BCUT2D eigenvalue weighted by Gasteiger charge is 2.16. The Hall–Kier alpha value is -2.68. The number of hydrogen-bond acceptors (Lipinski definition) is 6. The molecule has 0 saturated carbocycles. The number of aromatic nitrogens is 3. The first-order valence-corrected chi connectivity index (χ1v) is 9.09. The topological polar surface area (TPSA) is 81.5 Å². The second-order valence-corrected chi connectivity index (χ2v) is 6.79. The Labute approximate surface area is 175 Å². The van der Waals surface area contributed by atoms with Gasteiger partial charge in [0.1, 0.15) is 5.82 Å². The van der Waals surface area contributed by atoms with E-state index >= 15 is 0 Å². The molecule has 1 heterocycles. The van der Waals surface area contributed by atoms with Gasteiger partial charge in [-0.15, -0.1) is 0 Å². The molecule has 0 saturated heterocycles. The van der Waals surface area contributed by atoms with Gasteiger partial charge in [-0.2, -0.15) is 14.9 Å². The number of nitrogens with zero attached hydrogens (tertiary/aromatic N) is 3. The normalized spacial score (nSPS) is 11.0. The molecule has 0 aliphatic carbocycles. The lowest BCUT2D eigenvalue weighted by atomic mass is 10.2. The number of aromatic amines is 1. The van der Waals surface area contributed by atoms with Gasteiger partial charge in [-0.05, 0) is 61.1 Å². The number of methoxy groups -OCH3 is 1. The van der Waals surface area contributed by atoms with Gasteiger partial charge in [0.05, 0.1) is 23.9 Å². The van der Waals surface area contributed by atoms with Crippen molar-refractivity contribution in [3.05, 3.63) is 68.2 Å². The van der Waals surface area contributed by atoms with E-state index in [0.29, 0.717) is 26.9 Å². The van der Waals surface area contributed by atoms with Crippen LogP contribution in [-0.2, 0) is 0 Å². The number of hydrogen-bond donors (Lipinski definition) is 1. The summed E-state index contributed by atoms with van der Waals surface area (Å²) in [5, 5.41) is 11.5. The molecule has 0 fully saturated rings. The largest absolute Gasteiger partial charge is 0.493 e. The van der Waals surface area contributed by atoms with Crippen molar-refractivity contribution in [1.82, 2.24) is 14.9 Å². The second kappa shape index (κ2) is 8.55.